The van der Waals surface area contributed by atoms with Crippen molar-refractivity contribution in [3.63, 3.8) is 0 Å². The molecule has 1 heterocycles. The molecule has 80 valence electrons. The molecule has 1 aliphatic rings. The summed E-state index contributed by atoms with van der Waals surface area (Å²) in [6.45, 7) is 0.0728. The Balaban J connectivity index is 2.01. The quantitative estimate of drug-likeness (QED) is 0.750. The molecular weight excluding hydrogens is 194 g/mol. The van der Waals surface area contributed by atoms with E-state index in [9.17, 15) is 9.90 Å². The van der Waals surface area contributed by atoms with E-state index in [4.69, 9.17) is 0 Å². The average molecular weight is 207 g/mol. The van der Waals surface area contributed by atoms with Crippen LogP contribution in [0.2, 0.25) is 0 Å². The number of cyclic esters (lactones) is 1. The van der Waals surface area contributed by atoms with Crippen molar-refractivity contribution in [1.29, 1.82) is 0 Å². The van der Waals surface area contributed by atoms with E-state index in [1.54, 1.807) is 0 Å². The molecule has 1 aliphatic heterocycles. The van der Waals surface area contributed by atoms with Crippen molar-refractivity contribution in [2.24, 2.45) is 0 Å². The molecule has 0 unspecified atom stereocenters. The first-order valence-electron chi connectivity index (χ1n) is 4.91. The Bertz CT molecular complexity index is 339. The van der Waals surface area contributed by atoms with Crippen molar-refractivity contribution in [2.45, 2.75) is 18.6 Å². The molecule has 0 aliphatic carbocycles. The minimum Gasteiger partial charge on any atom is -0.447 e. The molecule has 4 nitrogen and oxygen atoms in total. The fraction of sp³-hybridized carbons (Fsp3) is 0.364. The van der Waals surface area contributed by atoms with Crippen LogP contribution in [0.4, 0.5) is 4.79 Å². The largest absolute Gasteiger partial charge is 0.447 e. The second-order valence-corrected chi connectivity index (χ2v) is 3.61. The maximum Gasteiger partial charge on any atom is 0.407 e. The molecule has 1 aromatic rings. The molecular formula is C11H13NO3. The molecule has 1 saturated heterocycles. The second kappa shape index (κ2) is 4.31. The molecule has 1 fully saturated rings. The average Bonchev–Trinajstić information content (AvgIpc) is 2.25. The van der Waals surface area contributed by atoms with Crippen LogP contribution in [0.1, 0.15) is 5.56 Å². The summed E-state index contributed by atoms with van der Waals surface area (Å²) in [7, 11) is 0. The minimum atomic E-state index is -0.636. The van der Waals surface area contributed by atoms with Crippen molar-refractivity contribution in [3.8, 4) is 0 Å². The van der Waals surface area contributed by atoms with Gasteiger partial charge in [0.05, 0.1) is 6.04 Å². The summed E-state index contributed by atoms with van der Waals surface area (Å²) in [5.74, 6) is 0. The van der Waals surface area contributed by atoms with Gasteiger partial charge in [0, 0.05) is 0 Å². The molecule has 2 rings (SSSR count). The van der Waals surface area contributed by atoms with Gasteiger partial charge in [-0.25, -0.2) is 4.79 Å². The Morgan fingerprint density at radius 3 is 2.87 bits per heavy atom. The number of ether oxygens (including phenoxy) is 1. The monoisotopic (exact) mass is 207 g/mol. The normalized spacial score (nSPS) is 25.5. The van der Waals surface area contributed by atoms with Gasteiger partial charge in [0.1, 0.15) is 12.7 Å². The molecule has 1 aromatic carbocycles. The zero-order valence-corrected chi connectivity index (χ0v) is 8.22. The van der Waals surface area contributed by atoms with E-state index in [1.165, 1.54) is 0 Å². The maximum absolute atomic E-state index is 11.0. The summed E-state index contributed by atoms with van der Waals surface area (Å²) in [6.07, 6.45) is -0.471. The third-order valence-corrected chi connectivity index (χ3v) is 2.45. The van der Waals surface area contributed by atoms with Gasteiger partial charge in [-0.1, -0.05) is 30.3 Å². The maximum atomic E-state index is 11.0. The Morgan fingerprint density at radius 1 is 1.40 bits per heavy atom. The van der Waals surface area contributed by atoms with Crippen LogP contribution < -0.4 is 5.32 Å². The number of alkyl carbamates (subject to hydrolysis) is 1. The number of hydrogen-bond acceptors (Lipinski definition) is 3. The number of hydrogen-bond donors (Lipinski definition) is 2. The van der Waals surface area contributed by atoms with Gasteiger partial charge < -0.3 is 15.2 Å². The summed E-state index contributed by atoms with van der Waals surface area (Å²) in [5.41, 5.74) is 1.09. The first-order chi connectivity index (χ1) is 7.25. The lowest BCUT2D eigenvalue weighted by atomic mass is 10.0. The Morgan fingerprint density at radius 2 is 2.13 bits per heavy atom. The molecule has 0 bridgehead atoms. The second-order valence-electron chi connectivity index (χ2n) is 3.61. The van der Waals surface area contributed by atoms with Gasteiger partial charge in [0.2, 0.25) is 0 Å². The lowest BCUT2D eigenvalue weighted by molar-refractivity contribution is 0.0157. The predicted molar refractivity (Wildman–Crippen MR) is 54.4 cm³/mol. The molecule has 2 N–H and O–H groups in total. The third-order valence-electron chi connectivity index (χ3n) is 2.45. The molecule has 2 atom stereocenters. The zero-order valence-electron chi connectivity index (χ0n) is 8.22. The first-order valence-corrected chi connectivity index (χ1v) is 4.91. The van der Waals surface area contributed by atoms with Crippen molar-refractivity contribution in [3.05, 3.63) is 35.9 Å². The van der Waals surface area contributed by atoms with Crippen LogP contribution >= 0.6 is 0 Å². The zero-order chi connectivity index (χ0) is 10.7. The Labute approximate surface area is 87.9 Å². The third kappa shape index (κ3) is 2.47. The summed E-state index contributed by atoms with van der Waals surface area (Å²) in [6, 6.07) is 9.48. The number of carbonyl (C=O) groups excluding carboxylic acids is 1. The number of amides is 1. The van der Waals surface area contributed by atoms with Crippen LogP contribution in [0.25, 0.3) is 0 Å². The van der Waals surface area contributed by atoms with E-state index in [0.29, 0.717) is 6.42 Å². The molecule has 0 saturated carbocycles. The lowest BCUT2D eigenvalue weighted by Crippen LogP contribution is -2.52. The standard InChI is InChI=1S/C11H13NO3/c13-10-7-15-11(14)12-9(10)6-8-4-2-1-3-5-8/h1-5,9-10,13H,6-7H2,(H,12,14)/t9-,10+/m0/s1. The molecule has 1 amide bonds. The van der Waals surface area contributed by atoms with E-state index in [1.807, 2.05) is 30.3 Å². The van der Waals surface area contributed by atoms with Gasteiger partial charge in [-0.15, -0.1) is 0 Å². The number of carbonyl (C=O) groups is 1. The fourth-order valence-corrected chi connectivity index (χ4v) is 1.62. The highest BCUT2D eigenvalue weighted by Gasteiger charge is 2.27. The van der Waals surface area contributed by atoms with Crippen LogP contribution in [0.15, 0.2) is 30.3 Å². The van der Waals surface area contributed by atoms with Crippen molar-refractivity contribution in [2.75, 3.05) is 6.61 Å². The summed E-state index contributed by atoms with van der Waals surface area (Å²) < 4.78 is 4.66. The number of benzene rings is 1. The van der Waals surface area contributed by atoms with Crippen LogP contribution in [0.5, 0.6) is 0 Å². The van der Waals surface area contributed by atoms with Gasteiger partial charge in [-0.3, -0.25) is 0 Å². The molecule has 0 radical (unpaired) electrons. The van der Waals surface area contributed by atoms with E-state index >= 15 is 0 Å². The lowest BCUT2D eigenvalue weighted by Gasteiger charge is -2.28. The summed E-state index contributed by atoms with van der Waals surface area (Å²) in [5, 5.41) is 12.2. The number of aliphatic hydroxyl groups is 1. The highest BCUT2D eigenvalue weighted by Crippen LogP contribution is 2.09. The van der Waals surface area contributed by atoms with Crippen LogP contribution in [0, 0.1) is 0 Å². The first kappa shape index (κ1) is 9.98. The Hall–Kier alpha value is -1.55. The van der Waals surface area contributed by atoms with E-state index < -0.39 is 12.2 Å². The smallest absolute Gasteiger partial charge is 0.407 e. The van der Waals surface area contributed by atoms with E-state index in [0.717, 1.165) is 5.56 Å². The summed E-state index contributed by atoms with van der Waals surface area (Å²) in [4.78, 5) is 11.0. The summed E-state index contributed by atoms with van der Waals surface area (Å²) >= 11 is 0. The van der Waals surface area contributed by atoms with E-state index in [2.05, 4.69) is 10.1 Å². The van der Waals surface area contributed by atoms with Crippen molar-refractivity contribution >= 4 is 6.09 Å². The molecule has 4 heteroatoms. The molecule has 15 heavy (non-hydrogen) atoms. The highest BCUT2D eigenvalue weighted by molar-refractivity contribution is 5.68. The van der Waals surface area contributed by atoms with Gasteiger partial charge >= 0.3 is 6.09 Å². The molecule has 0 spiro atoms. The van der Waals surface area contributed by atoms with E-state index in [-0.39, 0.29) is 12.6 Å². The number of rotatable bonds is 2. The van der Waals surface area contributed by atoms with Crippen molar-refractivity contribution in [1.82, 2.24) is 5.32 Å². The van der Waals surface area contributed by atoms with Crippen LogP contribution in [0.3, 0.4) is 0 Å². The van der Waals surface area contributed by atoms with Crippen LogP contribution in [-0.4, -0.2) is 30.0 Å². The van der Waals surface area contributed by atoms with Gasteiger partial charge in [0.25, 0.3) is 0 Å². The number of nitrogens with one attached hydrogen (secondary N) is 1. The SMILES string of the molecule is O=C1N[C@@H](Cc2ccccc2)[C@H](O)CO1. The highest BCUT2D eigenvalue weighted by atomic mass is 16.6. The fourth-order valence-electron chi connectivity index (χ4n) is 1.62. The number of aliphatic hydroxyl groups excluding tert-OH is 1. The minimum absolute atomic E-state index is 0.0728. The predicted octanol–water partition coefficient (Wildman–Crippen LogP) is 0.698. The van der Waals surface area contributed by atoms with Crippen LogP contribution in [-0.2, 0) is 11.2 Å². The van der Waals surface area contributed by atoms with Gasteiger partial charge in [-0.2, -0.15) is 0 Å². The Kier molecular flexibility index (Phi) is 2.87. The topological polar surface area (TPSA) is 58.6 Å². The van der Waals surface area contributed by atoms with Crippen molar-refractivity contribution < 1.29 is 14.6 Å². The molecule has 0 aromatic heterocycles. The van der Waals surface area contributed by atoms with Gasteiger partial charge in [0.15, 0.2) is 0 Å². The van der Waals surface area contributed by atoms with Gasteiger partial charge in [-0.05, 0) is 12.0 Å².